The average Bonchev–Trinajstić information content (AvgIpc) is 2.53. The molecule has 4 nitrogen and oxygen atoms in total. The smallest absolute Gasteiger partial charge is 0.0888 e. The summed E-state index contributed by atoms with van der Waals surface area (Å²) in [5.41, 5.74) is 0. The molecule has 5 heteroatoms. The van der Waals surface area contributed by atoms with Crippen LogP contribution in [-0.2, 0) is 0 Å². The lowest BCUT2D eigenvalue weighted by molar-refractivity contribution is 0.0810. The minimum Gasteiger partial charge on any atom is -0.390 e. The molecule has 2 rings (SSSR count). The van der Waals surface area contributed by atoms with Crippen molar-refractivity contribution in [3.63, 3.8) is 0 Å². The summed E-state index contributed by atoms with van der Waals surface area (Å²) in [5.74, 6) is 0. The van der Waals surface area contributed by atoms with E-state index in [0.29, 0.717) is 6.54 Å². The predicted molar refractivity (Wildman–Crippen MR) is 52.5 cm³/mol. The molecule has 0 amide bonds. The number of aliphatic hydroxyl groups is 1. The number of hydrogen-bond donors (Lipinski definition) is 2. The Balaban J connectivity index is 2.14. The maximum absolute atomic E-state index is 9.69. The lowest BCUT2D eigenvalue weighted by atomic mass is 10.0. The van der Waals surface area contributed by atoms with Crippen molar-refractivity contribution >= 4 is 15.9 Å². The molecule has 1 unspecified atom stereocenters. The molecule has 0 saturated carbocycles. The summed E-state index contributed by atoms with van der Waals surface area (Å²) < 4.78 is 2.79. The quantitative estimate of drug-likeness (QED) is 0.760. The van der Waals surface area contributed by atoms with Gasteiger partial charge in [0.05, 0.1) is 22.8 Å². The Morgan fingerprint density at radius 3 is 3.15 bits per heavy atom. The predicted octanol–water partition coefficient (Wildman–Crippen LogP) is 0.541. The fraction of sp³-hybridized carbons (Fsp3) is 0.625. The summed E-state index contributed by atoms with van der Waals surface area (Å²) in [7, 11) is 0. The van der Waals surface area contributed by atoms with Crippen LogP contribution in [-0.4, -0.2) is 34.1 Å². The number of halogens is 1. The first-order valence-electron chi connectivity index (χ1n) is 4.36. The van der Waals surface area contributed by atoms with Gasteiger partial charge in [0.1, 0.15) is 0 Å². The van der Waals surface area contributed by atoms with E-state index in [1.165, 1.54) is 0 Å². The fourth-order valence-electron chi connectivity index (χ4n) is 1.63. The van der Waals surface area contributed by atoms with Gasteiger partial charge in [-0.15, -0.1) is 0 Å². The number of piperidine rings is 1. The van der Waals surface area contributed by atoms with Crippen molar-refractivity contribution in [3.05, 3.63) is 16.9 Å². The zero-order valence-electron chi connectivity index (χ0n) is 7.15. The molecule has 1 saturated heterocycles. The van der Waals surface area contributed by atoms with Crippen LogP contribution < -0.4 is 5.32 Å². The lowest BCUT2D eigenvalue weighted by Crippen LogP contribution is -2.41. The molecule has 2 atom stereocenters. The Labute approximate surface area is 85.1 Å². The van der Waals surface area contributed by atoms with Crippen LogP contribution in [0.15, 0.2) is 16.9 Å². The van der Waals surface area contributed by atoms with Crippen LogP contribution in [0.4, 0.5) is 0 Å². The number of rotatable bonds is 1. The van der Waals surface area contributed by atoms with Crippen molar-refractivity contribution in [2.45, 2.75) is 18.6 Å². The SMILES string of the molecule is O[C@H]1CNCCC1n1cc(Br)cn1. The van der Waals surface area contributed by atoms with Gasteiger partial charge in [-0.05, 0) is 28.9 Å². The minimum atomic E-state index is -0.333. The molecule has 0 bridgehead atoms. The first-order valence-corrected chi connectivity index (χ1v) is 5.15. The zero-order valence-corrected chi connectivity index (χ0v) is 8.74. The van der Waals surface area contributed by atoms with E-state index in [2.05, 4.69) is 26.3 Å². The summed E-state index contributed by atoms with van der Waals surface area (Å²) in [4.78, 5) is 0. The second-order valence-electron chi connectivity index (χ2n) is 3.27. The summed E-state index contributed by atoms with van der Waals surface area (Å²) in [5, 5.41) is 17.0. The van der Waals surface area contributed by atoms with Gasteiger partial charge in [0.25, 0.3) is 0 Å². The molecular formula is C8H12BrN3O. The Kier molecular flexibility index (Phi) is 2.66. The third kappa shape index (κ3) is 1.92. The number of nitrogens with one attached hydrogen (secondary N) is 1. The molecule has 1 aromatic rings. The Hall–Kier alpha value is -0.390. The second kappa shape index (κ2) is 3.77. The van der Waals surface area contributed by atoms with Gasteiger partial charge >= 0.3 is 0 Å². The molecule has 1 fully saturated rings. The van der Waals surface area contributed by atoms with Crippen molar-refractivity contribution in [1.82, 2.24) is 15.1 Å². The number of hydrogen-bond acceptors (Lipinski definition) is 3. The van der Waals surface area contributed by atoms with E-state index in [1.807, 2.05) is 10.9 Å². The van der Waals surface area contributed by atoms with Gasteiger partial charge in [0.2, 0.25) is 0 Å². The number of aromatic nitrogens is 2. The topological polar surface area (TPSA) is 50.1 Å². The molecule has 1 aliphatic heterocycles. The van der Waals surface area contributed by atoms with Crippen LogP contribution in [0.5, 0.6) is 0 Å². The summed E-state index contributed by atoms with van der Waals surface area (Å²) in [6, 6.07) is 0.118. The van der Waals surface area contributed by atoms with Crippen molar-refractivity contribution in [2.24, 2.45) is 0 Å². The molecule has 0 radical (unpaired) electrons. The molecule has 2 N–H and O–H groups in total. The van der Waals surface area contributed by atoms with Gasteiger partial charge < -0.3 is 10.4 Å². The van der Waals surface area contributed by atoms with Crippen molar-refractivity contribution < 1.29 is 5.11 Å². The van der Waals surface area contributed by atoms with E-state index in [4.69, 9.17) is 0 Å². The lowest BCUT2D eigenvalue weighted by Gasteiger charge is -2.28. The van der Waals surface area contributed by atoms with Crippen LogP contribution in [0.2, 0.25) is 0 Å². The van der Waals surface area contributed by atoms with Gasteiger partial charge in [-0.25, -0.2) is 0 Å². The largest absolute Gasteiger partial charge is 0.390 e. The highest BCUT2D eigenvalue weighted by atomic mass is 79.9. The van der Waals surface area contributed by atoms with Crippen LogP contribution >= 0.6 is 15.9 Å². The highest BCUT2D eigenvalue weighted by Crippen LogP contribution is 2.20. The molecule has 72 valence electrons. The second-order valence-corrected chi connectivity index (χ2v) is 4.18. The molecule has 0 spiro atoms. The normalized spacial score (nSPS) is 29.1. The highest BCUT2D eigenvalue weighted by Gasteiger charge is 2.24. The standard InChI is InChI=1S/C8H12BrN3O/c9-6-3-11-12(5-6)7-1-2-10-4-8(7)13/h3,5,7-8,10,13H,1-2,4H2/t7?,8-/m0/s1. The van der Waals surface area contributed by atoms with Crippen molar-refractivity contribution in [3.8, 4) is 0 Å². The van der Waals surface area contributed by atoms with E-state index in [1.54, 1.807) is 6.20 Å². The number of β-amino-alcohol motifs (C(OH)–C–C–N with tert-alkyl or cyclic N) is 1. The molecule has 0 aromatic carbocycles. The van der Waals surface area contributed by atoms with Crippen LogP contribution in [0.25, 0.3) is 0 Å². The van der Waals surface area contributed by atoms with Crippen molar-refractivity contribution in [1.29, 1.82) is 0 Å². The highest BCUT2D eigenvalue weighted by molar-refractivity contribution is 9.10. The van der Waals surface area contributed by atoms with E-state index in [0.717, 1.165) is 17.4 Å². The monoisotopic (exact) mass is 245 g/mol. The molecule has 1 aliphatic rings. The minimum absolute atomic E-state index is 0.118. The zero-order chi connectivity index (χ0) is 9.26. The van der Waals surface area contributed by atoms with Gasteiger partial charge in [0.15, 0.2) is 0 Å². The summed E-state index contributed by atoms with van der Waals surface area (Å²) >= 11 is 3.34. The van der Waals surface area contributed by atoms with Crippen LogP contribution in [0, 0.1) is 0 Å². The first-order chi connectivity index (χ1) is 6.27. The molecule has 13 heavy (non-hydrogen) atoms. The van der Waals surface area contributed by atoms with Gasteiger partial charge in [-0.1, -0.05) is 0 Å². The molecular weight excluding hydrogens is 234 g/mol. The molecule has 1 aromatic heterocycles. The van der Waals surface area contributed by atoms with E-state index in [9.17, 15) is 5.11 Å². The van der Waals surface area contributed by atoms with Crippen molar-refractivity contribution in [2.75, 3.05) is 13.1 Å². The summed E-state index contributed by atoms with van der Waals surface area (Å²) in [6.07, 6.45) is 4.24. The average molecular weight is 246 g/mol. The molecule has 2 heterocycles. The Morgan fingerprint density at radius 1 is 1.69 bits per heavy atom. The third-order valence-corrected chi connectivity index (χ3v) is 2.73. The maximum atomic E-state index is 9.69. The fourth-order valence-corrected chi connectivity index (χ4v) is 1.93. The Bertz CT molecular complexity index is 289. The van der Waals surface area contributed by atoms with Gasteiger partial charge in [0, 0.05) is 12.7 Å². The van der Waals surface area contributed by atoms with Crippen LogP contribution in [0.1, 0.15) is 12.5 Å². The van der Waals surface area contributed by atoms with Gasteiger partial charge in [-0.3, -0.25) is 4.68 Å². The number of aliphatic hydroxyl groups excluding tert-OH is 1. The third-order valence-electron chi connectivity index (χ3n) is 2.32. The molecule has 0 aliphatic carbocycles. The van der Waals surface area contributed by atoms with E-state index < -0.39 is 0 Å². The number of nitrogens with zero attached hydrogens (tertiary/aromatic N) is 2. The van der Waals surface area contributed by atoms with E-state index >= 15 is 0 Å². The summed E-state index contributed by atoms with van der Waals surface area (Å²) in [6.45, 7) is 1.60. The first kappa shape index (κ1) is 9.18. The maximum Gasteiger partial charge on any atom is 0.0888 e. The Morgan fingerprint density at radius 2 is 2.54 bits per heavy atom. The van der Waals surface area contributed by atoms with Gasteiger partial charge in [-0.2, -0.15) is 5.10 Å². The van der Waals surface area contributed by atoms with Crippen LogP contribution in [0.3, 0.4) is 0 Å². The van der Waals surface area contributed by atoms with E-state index in [-0.39, 0.29) is 12.1 Å².